The predicted molar refractivity (Wildman–Crippen MR) is 72.9 cm³/mol. The monoisotopic (exact) mass is 314 g/mol. The molecule has 21 heavy (non-hydrogen) atoms. The number of hydrogen-bond acceptors (Lipinski definition) is 4. The number of halogens is 3. The molecule has 110 valence electrons. The van der Waals surface area contributed by atoms with Crippen molar-refractivity contribution in [2.45, 2.75) is 13.1 Å². The van der Waals surface area contributed by atoms with E-state index in [1.807, 2.05) is 0 Å². The zero-order valence-corrected chi connectivity index (χ0v) is 11.5. The van der Waals surface area contributed by atoms with E-state index in [4.69, 9.17) is 12.2 Å². The van der Waals surface area contributed by atoms with Crippen LogP contribution in [0.2, 0.25) is 0 Å². The molecule has 0 atom stereocenters. The van der Waals surface area contributed by atoms with Crippen molar-refractivity contribution in [3.05, 3.63) is 56.2 Å². The molecule has 0 aliphatic heterocycles. The van der Waals surface area contributed by atoms with Crippen LogP contribution >= 0.6 is 12.2 Å². The molecule has 0 spiro atoms. The van der Waals surface area contributed by atoms with Gasteiger partial charge in [-0.1, -0.05) is 12.1 Å². The topological polar surface area (TPSA) is 63.0 Å². The Morgan fingerprint density at radius 3 is 2.52 bits per heavy atom. The van der Waals surface area contributed by atoms with Crippen LogP contribution in [0.1, 0.15) is 16.8 Å². The Balaban J connectivity index is 2.33. The standard InChI is InChI=1S/C12H9F3N4OS/c1-7-10(20)19(11(21)18-17-7)16-6-8-2-4-9(5-3-8)12(13,14)15/h2-6H,1H3,(H,18,21). The molecule has 0 saturated heterocycles. The molecule has 0 fully saturated rings. The van der Waals surface area contributed by atoms with Gasteiger partial charge in [0, 0.05) is 0 Å². The zero-order valence-electron chi connectivity index (χ0n) is 10.7. The molecular weight excluding hydrogens is 305 g/mol. The number of hydrogen-bond donors (Lipinski definition) is 1. The maximum atomic E-state index is 12.4. The van der Waals surface area contributed by atoms with Crippen LogP contribution in [0.25, 0.3) is 0 Å². The summed E-state index contributed by atoms with van der Waals surface area (Å²) in [5.74, 6) is 0. The van der Waals surface area contributed by atoms with Crippen molar-refractivity contribution in [3.8, 4) is 0 Å². The average Bonchev–Trinajstić information content (AvgIpc) is 2.43. The summed E-state index contributed by atoms with van der Waals surface area (Å²) in [5, 5.41) is 9.96. The second-order valence-corrected chi connectivity index (χ2v) is 4.48. The second-order valence-electron chi connectivity index (χ2n) is 4.10. The van der Waals surface area contributed by atoms with Gasteiger partial charge >= 0.3 is 6.18 Å². The highest BCUT2D eigenvalue weighted by atomic mass is 32.1. The summed E-state index contributed by atoms with van der Waals surface area (Å²) >= 11 is 4.87. The van der Waals surface area contributed by atoms with Gasteiger partial charge in [0.25, 0.3) is 5.56 Å². The number of aromatic nitrogens is 3. The highest BCUT2D eigenvalue weighted by Gasteiger charge is 2.29. The maximum Gasteiger partial charge on any atom is 0.416 e. The molecule has 9 heteroatoms. The van der Waals surface area contributed by atoms with Gasteiger partial charge in [0.1, 0.15) is 5.69 Å². The van der Waals surface area contributed by atoms with Gasteiger partial charge in [-0.25, -0.2) is 0 Å². The largest absolute Gasteiger partial charge is 0.416 e. The molecule has 1 aromatic heterocycles. The first-order valence-electron chi connectivity index (χ1n) is 5.69. The lowest BCUT2D eigenvalue weighted by atomic mass is 10.1. The molecule has 0 saturated carbocycles. The summed E-state index contributed by atoms with van der Waals surface area (Å²) in [6.45, 7) is 1.48. The number of H-pyrrole nitrogens is 1. The first-order chi connectivity index (χ1) is 9.79. The first-order valence-corrected chi connectivity index (χ1v) is 6.10. The molecule has 0 aliphatic carbocycles. The van der Waals surface area contributed by atoms with Gasteiger partial charge in [0.2, 0.25) is 4.77 Å². The van der Waals surface area contributed by atoms with Gasteiger partial charge in [-0.3, -0.25) is 9.89 Å². The molecule has 1 aromatic carbocycles. The Kier molecular flexibility index (Phi) is 4.03. The molecular formula is C12H9F3N4OS. The van der Waals surface area contributed by atoms with Crippen LogP contribution in [0.4, 0.5) is 13.2 Å². The number of aromatic amines is 1. The number of benzene rings is 1. The van der Waals surface area contributed by atoms with Crippen molar-refractivity contribution < 1.29 is 13.2 Å². The van der Waals surface area contributed by atoms with Gasteiger partial charge in [-0.15, -0.1) is 0 Å². The Morgan fingerprint density at radius 1 is 1.33 bits per heavy atom. The fraction of sp³-hybridized carbons (Fsp3) is 0.167. The summed E-state index contributed by atoms with van der Waals surface area (Å²) in [7, 11) is 0. The molecule has 2 aromatic rings. The van der Waals surface area contributed by atoms with Crippen LogP contribution in [0, 0.1) is 11.7 Å². The van der Waals surface area contributed by atoms with Crippen molar-refractivity contribution in [1.29, 1.82) is 0 Å². The molecule has 1 heterocycles. The van der Waals surface area contributed by atoms with Gasteiger partial charge < -0.3 is 0 Å². The second kappa shape index (κ2) is 5.60. The fourth-order valence-corrected chi connectivity index (χ4v) is 1.64. The van der Waals surface area contributed by atoms with Crippen molar-refractivity contribution >= 4 is 18.4 Å². The van der Waals surface area contributed by atoms with Crippen LogP contribution in [0.5, 0.6) is 0 Å². The van der Waals surface area contributed by atoms with Crippen molar-refractivity contribution in [3.63, 3.8) is 0 Å². The van der Waals surface area contributed by atoms with Gasteiger partial charge in [0.15, 0.2) is 0 Å². The Labute approximate surface area is 121 Å². The van der Waals surface area contributed by atoms with E-state index in [0.29, 0.717) is 5.56 Å². The summed E-state index contributed by atoms with van der Waals surface area (Å²) in [6.07, 6.45) is -3.15. The van der Waals surface area contributed by atoms with E-state index in [1.165, 1.54) is 25.3 Å². The van der Waals surface area contributed by atoms with Gasteiger partial charge in [0.05, 0.1) is 11.8 Å². The van der Waals surface area contributed by atoms with E-state index in [0.717, 1.165) is 16.8 Å². The van der Waals surface area contributed by atoms with E-state index in [-0.39, 0.29) is 10.5 Å². The minimum atomic E-state index is -4.39. The van der Waals surface area contributed by atoms with Crippen LogP contribution in [-0.4, -0.2) is 21.1 Å². The molecule has 0 bridgehead atoms. The quantitative estimate of drug-likeness (QED) is 0.684. The Hall–Kier alpha value is -2.29. The van der Waals surface area contributed by atoms with E-state index < -0.39 is 17.3 Å². The fourth-order valence-electron chi connectivity index (χ4n) is 1.46. The third kappa shape index (κ3) is 3.43. The zero-order chi connectivity index (χ0) is 15.6. The van der Waals surface area contributed by atoms with E-state index in [2.05, 4.69) is 15.3 Å². The number of nitrogens with one attached hydrogen (secondary N) is 1. The van der Waals surface area contributed by atoms with E-state index in [1.54, 1.807) is 0 Å². The molecule has 0 unspecified atom stereocenters. The summed E-state index contributed by atoms with van der Waals surface area (Å²) in [4.78, 5) is 11.7. The summed E-state index contributed by atoms with van der Waals surface area (Å²) in [6, 6.07) is 4.36. The predicted octanol–water partition coefficient (Wildman–Crippen LogP) is 2.51. The molecule has 0 aliphatic rings. The molecule has 1 N–H and O–H groups in total. The van der Waals surface area contributed by atoms with Crippen LogP contribution < -0.4 is 5.56 Å². The van der Waals surface area contributed by atoms with E-state index >= 15 is 0 Å². The Morgan fingerprint density at radius 2 is 1.95 bits per heavy atom. The van der Waals surface area contributed by atoms with Crippen LogP contribution in [0.3, 0.4) is 0 Å². The highest BCUT2D eigenvalue weighted by Crippen LogP contribution is 2.28. The van der Waals surface area contributed by atoms with Crippen molar-refractivity contribution in [1.82, 2.24) is 14.9 Å². The lowest BCUT2D eigenvalue weighted by Gasteiger charge is -2.05. The van der Waals surface area contributed by atoms with Gasteiger partial charge in [-0.05, 0) is 36.8 Å². The van der Waals surface area contributed by atoms with Crippen LogP contribution in [0.15, 0.2) is 34.2 Å². The van der Waals surface area contributed by atoms with E-state index in [9.17, 15) is 18.0 Å². The average molecular weight is 314 g/mol. The maximum absolute atomic E-state index is 12.4. The lowest BCUT2D eigenvalue weighted by molar-refractivity contribution is -0.137. The normalized spacial score (nSPS) is 12.0. The molecule has 0 radical (unpaired) electrons. The third-order valence-electron chi connectivity index (χ3n) is 2.57. The Bertz CT molecular complexity index is 790. The first kappa shape index (κ1) is 15.1. The van der Waals surface area contributed by atoms with Gasteiger partial charge in [-0.2, -0.15) is 28.0 Å². The lowest BCUT2D eigenvalue weighted by Crippen LogP contribution is -2.22. The number of alkyl halides is 3. The summed E-state index contributed by atoms with van der Waals surface area (Å²) < 4.78 is 38.2. The number of aryl methyl sites for hydroxylation is 1. The molecule has 0 amide bonds. The van der Waals surface area contributed by atoms with Crippen molar-refractivity contribution in [2.24, 2.45) is 5.10 Å². The number of rotatable bonds is 2. The smallest absolute Gasteiger partial charge is 0.265 e. The molecule has 5 nitrogen and oxygen atoms in total. The highest BCUT2D eigenvalue weighted by molar-refractivity contribution is 7.71. The SMILES string of the molecule is Cc1n[nH]c(=S)n(N=Cc2ccc(C(F)(F)F)cc2)c1=O. The number of nitrogens with zero attached hydrogens (tertiary/aromatic N) is 3. The van der Waals surface area contributed by atoms with Crippen molar-refractivity contribution in [2.75, 3.05) is 0 Å². The summed E-state index contributed by atoms with van der Waals surface area (Å²) in [5.41, 5.74) is -0.678. The minimum absolute atomic E-state index is 0.00578. The van der Waals surface area contributed by atoms with Crippen LogP contribution in [-0.2, 0) is 6.18 Å². The minimum Gasteiger partial charge on any atom is -0.265 e. The third-order valence-corrected chi connectivity index (χ3v) is 2.84. The molecule has 2 rings (SSSR count).